The number of hydrogen-bond acceptors (Lipinski definition) is 4. The SMILES string of the molecule is Cc1ccc(S(=O)(=O)Oc2c(I)ccc(Cl)c2O)cc1. The van der Waals surface area contributed by atoms with Crippen LogP contribution in [0.15, 0.2) is 41.3 Å². The van der Waals surface area contributed by atoms with E-state index in [1.807, 2.05) is 29.5 Å². The van der Waals surface area contributed by atoms with E-state index in [0.717, 1.165) is 5.56 Å². The Labute approximate surface area is 135 Å². The molecule has 0 spiro atoms. The zero-order valence-corrected chi connectivity index (χ0v) is 14.0. The van der Waals surface area contributed by atoms with Crippen LogP contribution in [0.1, 0.15) is 5.56 Å². The van der Waals surface area contributed by atoms with Gasteiger partial charge in [0.25, 0.3) is 0 Å². The summed E-state index contributed by atoms with van der Waals surface area (Å²) in [5, 5.41) is 9.83. The first-order valence-corrected chi connectivity index (χ1v) is 8.36. The molecule has 0 atom stereocenters. The van der Waals surface area contributed by atoms with Gasteiger partial charge in [-0.3, -0.25) is 0 Å². The molecule has 0 saturated heterocycles. The third kappa shape index (κ3) is 3.18. The van der Waals surface area contributed by atoms with Crippen LogP contribution in [0.3, 0.4) is 0 Å². The van der Waals surface area contributed by atoms with Crippen molar-refractivity contribution < 1.29 is 17.7 Å². The molecule has 0 saturated carbocycles. The van der Waals surface area contributed by atoms with Gasteiger partial charge in [-0.1, -0.05) is 29.3 Å². The summed E-state index contributed by atoms with van der Waals surface area (Å²) in [6.45, 7) is 1.85. The van der Waals surface area contributed by atoms with Gasteiger partial charge >= 0.3 is 10.1 Å². The van der Waals surface area contributed by atoms with Gasteiger partial charge in [-0.25, -0.2) is 0 Å². The number of hydrogen-bond donors (Lipinski definition) is 1. The van der Waals surface area contributed by atoms with Crippen LogP contribution < -0.4 is 4.18 Å². The van der Waals surface area contributed by atoms with Crippen molar-refractivity contribution in [1.29, 1.82) is 0 Å². The van der Waals surface area contributed by atoms with Crippen molar-refractivity contribution in [1.82, 2.24) is 0 Å². The second-order valence-corrected chi connectivity index (χ2v) is 7.17. The van der Waals surface area contributed by atoms with E-state index in [9.17, 15) is 13.5 Å². The first kappa shape index (κ1) is 15.4. The molecule has 0 aliphatic rings. The molecule has 0 aromatic heterocycles. The molecular formula is C13H10ClIO4S. The highest BCUT2D eigenvalue weighted by atomic mass is 127. The first-order chi connectivity index (χ1) is 9.31. The normalized spacial score (nSPS) is 11.3. The van der Waals surface area contributed by atoms with Crippen molar-refractivity contribution in [2.45, 2.75) is 11.8 Å². The van der Waals surface area contributed by atoms with Crippen molar-refractivity contribution in [2.24, 2.45) is 0 Å². The molecule has 0 heterocycles. The Balaban J connectivity index is 2.43. The highest BCUT2D eigenvalue weighted by Crippen LogP contribution is 2.39. The maximum Gasteiger partial charge on any atom is 0.339 e. The smallest absolute Gasteiger partial charge is 0.339 e. The monoisotopic (exact) mass is 424 g/mol. The molecule has 0 aliphatic carbocycles. The average molecular weight is 425 g/mol. The van der Waals surface area contributed by atoms with E-state index < -0.39 is 15.9 Å². The van der Waals surface area contributed by atoms with Crippen molar-refractivity contribution in [2.75, 3.05) is 0 Å². The van der Waals surface area contributed by atoms with Gasteiger partial charge in [0.15, 0.2) is 11.5 Å². The largest absolute Gasteiger partial charge is 0.503 e. The molecule has 2 aromatic carbocycles. The summed E-state index contributed by atoms with van der Waals surface area (Å²) in [5.74, 6) is -0.562. The summed E-state index contributed by atoms with van der Waals surface area (Å²) >= 11 is 7.61. The Hall–Kier alpha value is -0.990. The van der Waals surface area contributed by atoms with Crippen molar-refractivity contribution >= 4 is 44.3 Å². The van der Waals surface area contributed by atoms with Crippen molar-refractivity contribution in [3.63, 3.8) is 0 Å². The summed E-state index contributed by atoms with van der Waals surface area (Å²) in [4.78, 5) is 0.0123. The molecule has 0 radical (unpaired) electrons. The number of aryl methyl sites for hydroxylation is 1. The van der Waals surface area contributed by atoms with E-state index in [1.54, 1.807) is 18.2 Å². The fourth-order valence-corrected chi connectivity index (χ4v) is 3.26. The number of aromatic hydroxyl groups is 1. The van der Waals surface area contributed by atoms with Gasteiger partial charge in [0, 0.05) is 0 Å². The molecule has 0 unspecified atom stereocenters. The van der Waals surface area contributed by atoms with Gasteiger partial charge in [-0.05, 0) is 53.8 Å². The van der Waals surface area contributed by atoms with E-state index in [4.69, 9.17) is 15.8 Å². The van der Waals surface area contributed by atoms with E-state index in [2.05, 4.69) is 0 Å². The summed E-state index contributed by atoms with van der Waals surface area (Å²) < 4.78 is 29.7. The molecule has 2 rings (SSSR count). The lowest BCUT2D eigenvalue weighted by Gasteiger charge is -2.11. The molecule has 0 amide bonds. The summed E-state index contributed by atoms with van der Waals surface area (Å²) in [5.41, 5.74) is 0.934. The number of halogens is 2. The van der Waals surface area contributed by atoms with Gasteiger partial charge < -0.3 is 9.29 Å². The summed E-state index contributed by atoms with van der Waals surface area (Å²) in [6, 6.07) is 9.24. The second kappa shape index (κ2) is 5.79. The number of benzene rings is 2. The number of phenols is 1. The third-order valence-corrected chi connectivity index (χ3v) is 4.93. The molecule has 1 N–H and O–H groups in total. The predicted molar refractivity (Wildman–Crippen MR) is 84.8 cm³/mol. The molecule has 0 aliphatic heterocycles. The first-order valence-electron chi connectivity index (χ1n) is 5.49. The van der Waals surface area contributed by atoms with E-state index in [1.165, 1.54) is 18.2 Å². The topological polar surface area (TPSA) is 63.6 Å². The Morgan fingerprint density at radius 1 is 1.15 bits per heavy atom. The average Bonchev–Trinajstić information content (AvgIpc) is 2.40. The zero-order valence-electron chi connectivity index (χ0n) is 10.3. The fraction of sp³-hybridized carbons (Fsp3) is 0.0769. The van der Waals surface area contributed by atoms with E-state index in [0.29, 0.717) is 3.57 Å². The minimum Gasteiger partial charge on any atom is -0.503 e. The van der Waals surface area contributed by atoms with Gasteiger partial charge in [0.1, 0.15) is 4.90 Å². The minimum absolute atomic E-state index is 0.0123. The van der Waals surface area contributed by atoms with Crippen LogP contribution >= 0.6 is 34.2 Å². The van der Waals surface area contributed by atoms with Crippen molar-refractivity contribution in [3.05, 3.63) is 50.6 Å². The number of phenolic OH excluding ortho intramolecular Hbond substituents is 1. The highest BCUT2D eigenvalue weighted by Gasteiger charge is 2.21. The highest BCUT2D eigenvalue weighted by molar-refractivity contribution is 14.1. The van der Waals surface area contributed by atoms with Gasteiger partial charge in [0.05, 0.1) is 8.59 Å². The van der Waals surface area contributed by atoms with Crippen LogP contribution in [0.4, 0.5) is 0 Å². The Morgan fingerprint density at radius 3 is 2.35 bits per heavy atom. The molecule has 0 bridgehead atoms. The van der Waals surface area contributed by atoms with Crippen LogP contribution in [-0.2, 0) is 10.1 Å². The van der Waals surface area contributed by atoms with Crippen LogP contribution in [0.25, 0.3) is 0 Å². The molecule has 0 fully saturated rings. The molecule has 4 nitrogen and oxygen atoms in total. The van der Waals surface area contributed by atoms with Gasteiger partial charge in [0.2, 0.25) is 0 Å². The maximum absolute atomic E-state index is 12.1. The van der Waals surface area contributed by atoms with Crippen molar-refractivity contribution in [3.8, 4) is 11.5 Å². The molecule has 2 aromatic rings. The van der Waals surface area contributed by atoms with Crippen LogP contribution in [0, 0.1) is 10.5 Å². The van der Waals surface area contributed by atoms with Gasteiger partial charge in [-0.15, -0.1) is 0 Å². The second-order valence-electron chi connectivity index (χ2n) is 4.06. The van der Waals surface area contributed by atoms with Crippen LogP contribution in [0.2, 0.25) is 5.02 Å². The zero-order chi connectivity index (χ0) is 14.9. The van der Waals surface area contributed by atoms with Crippen LogP contribution in [-0.4, -0.2) is 13.5 Å². The summed E-state index contributed by atoms with van der Waals surface area (Å²) in [6.07, 6.45) is 0. The lowest BCUT2D eigenvalue weighted by Crippen LogP contribution is -2.10. The van der Waals surface area contributed by atoms with E-state index in [-0.39, 0.29) is 15.7 Å². The van der Waals surface area contributed by atoms with Gasteiger partial charge in [-0.2, -0.15) is 8.42 Å². The number of rotatable bonds is 3. The molecule has 20 heavy (non-hydrogen) atoms. The molecule has 106 valence electrons. The minimum atomic E-state index is -4.02. The maximum atomic E-state index is 12.1. The Morgan fingerprint density at radius 2 is 1.75 bits per heavy atom. The third-order valence-electron chi connectivity index (χ3n) is 2.54. The molecular weight excluding hydrogens is 415 g/mol. The Kier molecular flexibility index (Phi) is 4.46. The predicted octanol–water partition coefficient (Wildman–Crippen LogP) is 3.73. The quantitative estimate of drug-likeness (QED) is 0.602. The standard InChI is InChI=1S/C13H10ClIO4S/c1-8-2-4-9(5-3-8)20(17,18)19-13-11(15)7-6-10(14)12(13)16/h2-7,16H,1H3. The fourth-order valence-electron chi connectivity index (χ4n) is 1.46. The van der Waals surface area contributed by atoms with E-state index >= 15 is 0 Å². The van der Waals surface area contributed by atoms with Crippen LogP contribution in [0.5, 0.6) is 11.5 Å². The summed E-state index contributed by atoms with van der Waals surface area (Å²) in [7, 11) is -4.02. The molecule has 7 heteroatoms. The lowest BCUT2D eigenvalue weighted by atomic mass is 10.2. The lowest BCUT2D eigenvalue weighted by molar-refractivity contribution is 0.427. The Bertz CT molecular complexity index is 742.